The van der Waals surface area contributed by atoms with E-state index < -0.39 is 0 Å². The second kappa shape index (κ2) is 4.76. The average molecular weight is 259 g/mol. The maximum absolute atomic E-state index is 11.4. The lowest BCUT2D eigenvalue weighted by Crippen LogP contribution is -2.19. The van der Waals surface area contributed by atoms with Crippen molar-refractivity contribution >= 4 is 23.0 Å². The van der Waals surface area contributed by atoms with E-state index in [0.29, 0.717) is 12.5 Å². The Hall–Kier alpha value is -1.71. The largest absolute Gasteiger partial charge is 0.397 e. The van der Waals surface area contributed by atoms with E-state index in [1.165, 1.54) is 19.3 Å². The Morgan fingerprint density at radius 1 is 1.42 bits per heavy atom. The number of nitrogens with one attached hydrogen (secondary N) is 2. The van der Waals surface area contributed by atoms with Crippen molar-refractivity contribution in [3.63, 3.8) is 0 Å². The standard InChI is InChI=1S/C15H21N3O/c1-2-3-9-7-12(9)17-14-8-13-10(6-11(14)16)4-5-15(19)18-13/h6,8-9,12,17H,2-5,7,16H2,1H3,(H,18,19). The van der Waals surface area contributed by atoms with Gasteiger partial charge in [0, 0.05) is 18.2 Å². The van der Waals surface area contributed by atoms with Crippen molar-refractivity contribution in [1.82, 2.24) is 0 Å². The van der Waals surface area contributed by atoms with Gasteiger partial charge in [-0.2, -0.15) is 0 Å². The molecule has 0 aromatic heterocycles. The molecule has 1 fully saturated rings. The molecule has 0 saturated heterocycles. The molecule has 1 heterocycles. The number of hydrogen-bond donors (Lipinski definition) is 3. The van der Waals surface area contributed by atoms with Gasteiger partial charge in [-0.05, 0) is 42.9 Å². The molecule has 0 spiro atoms. The highest BCUT2D eigenvalue weighted by Crippen LogP contribution is 2.40. The topological polar surface area (TPSA) is 67.1 Å². The molecule has 1 aliphatic heterocycles. The van der Waals surface area contributed by atoms with Crippen molar-refractivity contribution in [2.75, 3.05) is 16.4 Å². The van der Waals surface area contributed by atoms with E-state index in [-0.39, 0.29) is 5.91 Å². The van der Waals surface area contributed by atoms with Crippen LogP contribution < -0.4 is 16.4 Å². The summed E-state index contributed by atoms with van der Waals surface area (Å²) >= 11 is 0. The van der Waals surface area contributed by atoms with E-state index in [1.807, 2.05) is 12.1 Å². The second-order valence-corrected chi connectivity index (χ2v) is 5.68. The van der Waals surface area contributed by atoms with Crippen LogP contribution in [0.3, 0.4) is 0 Å². The summed E-state index contributed by atoms with van der Waals surface area (Å²) in [6.07, 6.45) is 5.09. The molecule has 3 rings (SSSR count). The summed E-state index contributed by atoms with van der Waals surface area (Å²) in [4.78, 5) is 11.4. The Labute approximate surface area is 113 Å². The van der Waals surface area contributed by atoms with Gasteiger partial charge in [0.15, 0.2) is 0 Å². The van der Waals surface area contributed by atoms with E-state index in [9.17, 15) is 4.79 Å². The second-order valence-electron chi connectivity index (χ2n) is 5.68. The molecule has 2 unspecified atom stereocenters. The van der Waals surface area contributed by atoms with Gasteiger partial charge < -0.3 is 16.4 Å². The van der Waals surface area contributed by atoms with Crippen LogP contribution in [-0.4, -0.2) is 11.9 Å². The predicted molar refractivity (Wildman–Crippen MR) is 78.2 cm³/mol. The molecule has 4 N–H and O–H groups in total. The highest BCUT2D eigenvalue weighted by Gasteiger charge is 2.36. The first-order valence-electron chi connectivity index (χ1n) is 7.16. The SMILES string of the molecule is CCCC1CC1Nc1cc2c(cc1N)CCC(=O)N2. The fraction of sp³-hybridized carbons (Fsp3) is 0.533. The van der Waals surface area contributed by atoms with Crippen LogP contribution >= 0.6 is 0 Å². The minimum absolute atomic E-state index is 0.0958. The summed E-state index contributed by atoms with van der Waals surface area (Å²) in [7, 11) is 0. The van der Waals surface area contributed by atoms with Crippen molar-refractivity contribution in [3.05, 3.63) is 17.7 Å². The first-order chi connectivity index (χ1) is 9.17. The number of anilines is 3. The summed E-state index contributed by atoms with van der Waals surface area (Å²) in [6, 6.07) is 4.54. The maximum Gasteiger partial charge on any atom is 0.224 e. The summed E-state index contributed by atoms with van der Waals surface area (Å²) in [5.41, 5.74) is 9.91. The van der Waals surface area contributed by atoms with Gasteiger partial charge in [0.2, 0.25) is 5.91 Å². The number of benzene rings is 1. The van der Waals surface area contributed by atoms with Crippen molar-refractivity contribution < 1.29 is 4.79 Å². The number of nitrogens with two attached hydrogens (primary N) is 1. The quantitative estimate of drug-likeness (QED) is 0.728. The van der Waals surface area contributed by atoms with Gasteiger partial charge in [-0.1, -0.05) is 13.3 Å². The molecular formula is C15H21N3O. The highest BCUT2D eigenvalue weighted by atomic mass is 16.1. The van der Waals surface area contributed by atoms with Gasteiger partial charge in [0.05, 0.1) is 11.4 Å². The molecule has 19 heavy (non-hydrogen) atoms. The normalized spacial score (nSPS) is 24.6. The van der Waals surface area contributed by atoms with Gasteiger partial charge in [-0.15, -0.1) is 0 Å². The summed E-state index contributed by atoms with van der Waals surface area (Å²) in [5, 5.41) is 6.43. The molecule has 4 heteroatoms. The Kier molecular flexibility index (Phi) is 3.09. The first kappa shape index (κ1) is 12.3. The lowest BCUT2D eigenvalue weighted by Gasteiger charge is -2.20. The van der Waals surface area contributed by atoms with Crippen LogP contribution in [0, 0.1) is 5.92 Å². The van der Waals surface area contributed by atoms with Crippen molar-refractivity contribution in [3.8, 4) is 0 Å². The van der Waals surface area contributed by atoms with Crippen LogP contribution in [0.2, 0.25) is 0 Å². The molecule has 0 bridgehead atoms. The summed E-state index contributed by atoms with van der Waals surface area (Å²) in [6.45, 7) is 2.22. The molecule has 1 aromatic carbocycles. The Morgan fingerprint density at radius 3 is 3.05 bits per heavy atom. The Balaban J connectivity index is 1.75. The molecular weight excluding hydrogens is 238 g/mol. The number of carbonyl (C=O) groups is 1. The molecule has 1 saturated carbocycles. The van der Waals surface area contributed by atoms with Crippen LogP contribution in [0.4, 0.5) is 17.1 Å². The van der Waals surface area contributed by atoms with Crippen LogP contribution in [0.5, 0.6) is 0 Å². The van der Waals surface area contributed by atoms with Gasteiger partial charge in [0.1, 0.15) is 0 Å². The first-order valence-corrected chi connectivity index (χ1v) is 7.16. The maximum atomic E-state index is 11.4. The number of aryl methyl sites for hydroxylation is 1. The van der Waals surface area contributed by atoms with E-state index in [4.69, 9.17) is 5.73 Å². The fourth-order valence-electron chi connectivity index (χ4n) is 2.89. The third-order valence-electron chi connectivity index (χ3n) is 4.09. The summed E-state index contributed by atoms with van der Waals surface area (Å²) in [5.74, 6) is 0.883. The van der Waals surface area contributed by atoms with Crippen molar-refractivity contribution in [1.29, 1.82) is 0 Å². The van der Waals surface area contributed by atoms with Gasteiger partial charge in [0.25, 0.3) is 0 Å². The lowest BCUT2D eigenvalue weighted by atomic mass is 10.0. The number of rotatable bonds is 4. The molecule has 0 radical (unpaired) electrons. The molecule has 4 nitrogen and oxygen atoms in total. The van der Waals surface area contributed by atoms with Crippen molar-refractivity contribution in [2.45, 2.75) is 45.1 Å². The van der Waals surface area contributed by atoms with Crippen LogP contribution in [-0.2, 0) is 11.2 Å². The lowest BCUT2D eigenvalue weighted by molar-refractivity contribution is -0.116. The highest BCUT2D eigenvalue weighted by molar-refractivity contribution is 5.95. The minimum Gasteiger partial charge on any atom is -0.397 e. The Bertz CT molecular complexity index is 512. The molecule has 2 atom stereocenters. The molecule has 1 aliphatic carbocycles. The van der Waals surface area contributed by atoms with E-state index in [1.54, 1.807) is 0 Å². The third-order valence-corrected chi connectivity index (χ3v) is 4.09. The zero-order valence-corrected chi connectivity index (χ0v) is 11.3. The number of fused-ring (bicyclic) bond motifs is 1. The minimum atomic E-state index is 0.0958. The van der Waals surface area contributed by atoms with E-state index in [0.717, 1.165) is 35.0 Å². The fourth-order valence-corrected chi connectivity index (χ4v) is 2.89. The molecule has 102 valence electrons. The van der Waals surface area contributed by atoms with Gasteiger partial charge in [-0.25, -0.2) is 0 Å². The Morgan fingerprint density at radius 2 is 2.26 bits per heavy atom. The average Bonchev–Trinajstić information content (AvgIpc) is 3.09. The monoisotopic (exact) mass is 259 g/mol. The van der Waals surface area contributed by atoms with Gasteiger partial charge in [-0.3, -0.25) is 4.79 Å². The smallest absolute Gasteiger partial charge is 0.224 e. The number of hydrogen-bond acceptors (Lipinski definition) is 3. The van der Waals surface area contributed by atoms with Crippen molar-refractivity contribution in [2.24, 2.45) is 5.92 Å². The summed E-state index contributed by atoms with van der Waals surface area (Å²) < 4.78 is 0. The zero-order valence-electron chi connectivity index (χ0n) is 11.3. The van der Waals surface area contributed by atoms with Gasteiger partial charge >= 0.3 is 0 Å². The van der Waals surface area contributed by atoms with Crippen LogP contribution in [0.1, 0.15) is 38.2 Å². The van der Waals surface area contributed by atoms with Crippen LogP contribution in [0.15, 0.2) is 12.1 Å². The number of amides is 1. The third kappa shape index (κ3) is 2.53. The zero-order chi connectivity index (χ0) is 13.4. The van der Waals surface area contributed by atoms with E-state index >= 15 is 0 Å². The molecule has 2 aliphatic rings. The van der Waals surface area contributed by atoms with Crippen LogP contribution in [0.25, 0.3) is 0 Å². The molecule has 1 amide bonds. The number of carbonyl (C=O) groups excluding carboxylic acids is 1. The molecule has 1 aromatic rings. The number of nitrogen functional groups attached to an aromatic ring is 1. The van der Waals surface area contributed by atoms with E-state index in [2.05, 4.69) is 17.6 Å². The predicted octanol–water partition coefficient (Wildman–Crippen LogP) is 2.75.